The molecule has 0 saturated carbocycles. The minimum atomic E-state index is 0.0333. The summed E-state index contributed by atoms with van der Waals surface area (Å²) in [4.78, 5) is 4.32. The summed E-state index contributed by atoms with van der Waals surface area (Å²) in [6.07, 6.45) is 3.49. The van der Waals surface area contributed by atoms with Crippen LogP contribution in [0, 0.1) is 24.2 Å². The summed E-state index contributed by atoms with van der Waals surface area (Å²) in [6, 6.07) is 10.1. The van der Waals surface area contributed by atoms with E-state index in [1.807, 2.05) is 12.1 Å². The smallest absolute Gasteiger partial charge is 0.154 e. The number of aromatic nitrogens is 3. The third kappa shape index (κ3) is 3.09. The maximum atomic E-state index is 4.32. The van der Waals surface area contributed by atoms with Gasteiger partial charge < -0.3 is 0 Å². The van der Waals surface area contributed by atoms with Crippen molar-refractivity contribution in [2.45, 2.75) is 27.7 Å². The maximum Gasteiger partial charge on any atom is 0.154 e. The van der Waals surface area contributed by atoms with Gasteiger partial charge in [0.1, 0.15) is 5.69 Å². The summed E-state index contributed by atoms with van der Waals surface area (Å²) in [5, 5.41) is 4.29. The molecule has 0 bridgehead atoms. The Labute approximate surface area is 143 Å². The number of hydrogen-bond donors (Lipinski definition) is 0. The molecule has 0 aliphatic carbocycles. The van der Waals surface area contributed by atoms with Crippen LogP contribution in [0.3, 0.4) is 0 Å². The van der Waals surface area contributed by atoms with Gasteiger partial charge in [-0.1, -0.05) is 45.4 Å². The van der Waals surface area contributed by atoms with Crippen molar-refractivity contribution >= 4 is 11.2 Å². The molecule has 3 heteroatoms. The molecule has 3 nitrogen and oxygen atoms in total. The monoisotopic (exact) mass is 315 g/mol. The maximum absolute atomic E-state index is 4.32. The van der Waals surface area contributed by atoms with Crippen molar-refractivity contribution in [1.29, 1.82) is 0 Å². The highest BCUT2D eigenvalue weighted by molar-refractivity contribution is 5.69. The van der Waals surface area contributed by atoms with Gasteiger partial charge in [0, 0.05) is 11.8 Å². The Balaban J connectivity index is 2.01. The van der Waals surface area contributed by atoms with Gasteiger partial charge >= 0.3 is 0 Å². The lowest BCUT2D eigenvalue weighted by Gasteiger charge is -2.22. The number of benzene rings is 1. The summed E-state index contributed by atoms with van der Waals surface area (Å²) in [7, 11) is 0. The number of imidazole rings is 1. The molecule has 0 atom stereocenters. The van der Waals surface area contributed by atoms with Crippen LogP contribution in [0.2, 0.25) is 0 Å². The van der Waals surface area contributed by atoms with E-state index in [-0.39, 0.29) is 5.41 Å². The molecule has 0 spiro atoms. The molecular weight excluding hydrogens is 294 g/mol. The minimum Gasteiger partial charge on any atom is -0.234 e. The summed E-state index contributed by atoms with van der Waals surface area (Å²) < 4.78 is 1.75. The second-order valence-corrected chi connectivity index (χ2v) is 6.95. The van der Waals surface area contributed by atoms with E-state index in [1.165, 1.54) is 0 Å². The molecule has 0 aliphatic heterocycles. The molecule has 0 radical (unpaired) electrons. The number of allylic oxidation sites excluding steroid dienone is 1. The molecule has 2 heterocycles. The largest absolute Gasteiger partial charge is 0.234 e. The predicted octanol–water partition coefficient (Wildman–Crippen LogP) is 4.50. The number of aryl methyl sites for hydroxylation is 1. The summed E-state index contributed by atoms with van der Waals surface area (Å²) in [6.45, 7) is 12.8. The lowest BCUT2D eigenvalue weighted by Crippen LogP contribution is -2.07. The van der Waals surface area contributed by atoms with Crippen LogP contribution in [-0.4, -0.2) is 14.6 Å². The predicted molar refractivity (Wildman–Crippen MR) is 98.6 cm³/mol. The number of rotatable bonds is 1. The zero-order valence-electron chi connectivity index (χ0n) is 14.6. The number of hydrogen-bond acceptors (Lipinski definition) is 2. The molecule has 0 aliphatic rings. The lowest BCUT2D eigenvalue weighted by molar-refractivity contribution is 0.568. The number of fused-ring (bicyclic) bond motifs is 1. The van der Waals surface area contributed by atoms with Crippen LogP contribution >= 0.6 is 0 Å². The molecule has 3 rings (SSSR count). The second kappa shape index (κ2) is 5.98. The SMILES string of the molecule is C=C(c1ccc(C)c(C#Cc2cnc3cccnn23)c1)C(C)(C)C. The van der Waals surface area contributed by atoms with Crippen LogP contribution in [0.5, 0.6) is 0 Å². The van der Waals surface area contributed by atoms with Crippen molar-refractivity contribution in [3.63, 3.8) is 0 Å². The van der Waals surface area contributed by atoms with Gasteiger partial charge in [-0.15, -0.1) is 0 Å². The molecular formula is C21H21N3. The Morgan fingerprint density at radius 1 is 1.17 bits per heavy atom. The third-order valence-electron chi connectivity index (χ3n) is 4.09. The Bertz CT molecular complexity index is 975. The van der Waals surface area contributed by atoms with Crippen LogP contribution in [0.15, 0.2) is 49.3 Å². The average Bonchev–Trinajstić information content (AvgIpc) is 2.96. The van der Waals surface area contributed by atoms with Gasteiger partial charge in [0.05, 0.1) is 6.20 Å². The zero-order chi connectivity index (χ0) is 17.3. The topological polar surface area (TPSA) is 30.2 Å². The molecule has 0 unspecified atom stereocenters. The first-order chi connectivity index (χ1) is 11.4. The Morgan fingerprint density at radius 2 is 1.96 bits per heavy atom. The van der Waals surface area contributed by atoms with E-state index in [9.17, 15) is 0 Å². The minimum absolute atomic E-state index is 0.0333. The number of nitrogens with zero attached hydrogens (tertiary/aromatic N) is 3. The van der Waals surface area contributed by atoms with Crippen LogP contribution in [0.25, 0.3) is 11.2 Å². The highest BCUT2D eigenvalue weighted by atomic mass is 15.2. The first kappa shape index (κ1) is 16.0. The molecule has 3 aromatic rings. The molecule has 0 saturated heterocycles. The Morgan fingerprint density at radius 3 is 2.71 bits per heavy atom. The Hall–Kier alpha value is -2.86. The normalized spacial score (nSPS) is 11.2. The fourth-order valence-corrected chi connectivity index (χ4v) is 2.42. The fraction of sp³-hybridized carbons (Fsp3) is 0.238. The van der Waals surface area contributed by atoms with Crippen molar-refractivity contribution in [3.8, 4) is 11.8 Å². The van der Waals surface area contributed by atoms with Crippen LogP contribution in [0.4, 0.5) is 0 Å². The van der Waals surface area contributed by atoms with Gasteiger partial charge in [0.15, 0.2) is 5.65 Å². The summed E-state index contributed by atoms with van der Waals surface area (Å²) in [5.74, 6) is 6.45. The molecule has 2 aromatic heterocycles. The highest BCUT2D eigenvalue weighted by Gasteiger charge is 2.16. The molecule has 0 fully saturated rings. The van der Waals surface area contributed by atoms with Crippen molar-refractivity contribution in [1.82, 2.24) is 14.6 Å². The van der Waals surface area contributed by atoms with E-state index in [0.29, 0.717) is 0 Å². The van der Waals surface area contributed by atoms with Crippen LogP contribution < -0.4 is 0 Å². The molecule has 0 N–H and O–H groups in total. The third-order valence-corrected chi connectivity index (χ3v) is 4.09. The highest BCUT2D eigenvalue weighted by Crippen LogP contribution is 2.32. The van der Waals surface area contributed by atoms with Crippen LogP contribution in [-0.2, 0) is 0 Å². The quantitative estimate of drug-likeness (QED) is 0.619. The Kier molecular flexibility index (Phi) is 3.99. The summed E-state index contributed by atoms with van der Waals surface area (Å²) >= 11 is 0. The van der Waals surface area contributed by atoms with Gasteiger partial charge in [-0.2, -0.15) is 5.10 Å². The van der Waals surface area contributed by atoms with E-state index in [1.54, 1.807) is 16.9 Å². The molecule has 0 amide bonds. The first-order valence-corrected chi connectivity index (χ1v) is 7.97. The summed E-state index contributed by atoms with van der Waals surface area (Å²) in [5.41, 5.74) is 6.01. The zero-order valence-corrected chi connectivity index (χ0v) is 14.6. The van der Waals surface area contributed by atoms with Crippen molar-refractivity contribution in [3.05, 3.63) is 71.7 Å². The van der Waals surface area contributed by atoms with Crippen molar-refractivity contribution < 1.29 is 0 Å². The van der Waals surface area contributed by atoms with E-state index >= 15 is 0 Å². The second-order valence-electron chi connectivity index (χ2n) is 6.95. The van der Waals surface area contributed by atoms with Gasteiger partial charge in [-0.05, 0) is 53.2 Å². The van der Waals surface area contributed by atoms with Crippen molar-refractivity contribution in [2.75, 3.05) is 0 Å². The van der Waals surface area contributed by atoms with E-state index in [4.69, 9.17) is 0 Å². The van der Waals surface area contributed by atoms with Gasteiger partial charge in [-0.25, -0.2) is 9.50 Å². The van der Waals surface area contributed by atoms with E-state index in [2.05, 4.69) is 74.4 Å². The standard InChI is InChI=1S/C21H21N3/c1-15-8-9-18(16(2)21(3,4)5)13-17(15)10-11-19-14-22-20-7-6-12-23-24(19)20/h6-9,12-14H,2H2,1,3-5H3. The molecule has 24 heavy (non-hydrogen) atoms. The molecule has 120 valence electrons. The van der Waals surface area contributed by atoms with E-state index < -0.39 is 0 Å². The van der Waals surface area contributed by atoms with Crippen molar-refractivity contribution in [2.24, 2.45) is 5.41 Å². The van der Waals surface area contributed by atoms with E-state index in [0.717, 1.165) is 33.6 Å². The van der Waals surface area contributed by atoms with Gasteiger partial charge in [-0.3, -0.25) is 0 Å². The average molecular weight is 315 g/mol. The van der Waals surface area contributed by atoms with Crippen LogP contribution in [0.1, 0.15) is 43.2 Å². The van der Waals surface area contributed by atoms with Gasteiger partial charge in [0.25, 0.3) is 0 Å². The first-order valence-electron chi connectivity index (χ1n) is 7.97. The van der Waals surface area contributed by atoms with Gasteiger partial charge in [0.2, 0.25) is 0 Å². The lowest BCUT2D eigenvalue weighted by atomic mass is 9.82. The molecule has 1 aromatic carbocycles. The fourth-order valence-electron chi connectivity index (χ4n) is 2.42.